The highest BCUT2D eigenvalue weighted by Gasteiger charge is 2.36. The van der Waals surface area contributed by atoms with E-state index in [1.54, 1.807) is 12.1 Å². The van der Waals surface area contributed by atoms with Crippen LogP contribution in [0.2, 0.25) is 0 Å². The molecule has 0 N–H and O–H groups in total. The van der Waals surface area contributed by atoms with E-state index in [1.165, 1.54) is 30.3 Å². The lowest BCUT2D eigenvalue weighted by Crippen LogP contribution is -2.24. The molecule has 7 heteroatoms. The van der Waals surface area contributed by atoms with Crippen LogP contribution in [0.4, 0.5) is 13.2 Å². The second kappa shape index (κ2) is 5.35. The predicted molar refractivity (Wildman–Crippen MR) is 76.0 cm³/mol. The van der Waals surface area contributed by atoms with Crippen molar-refractivity contribution in [3.8, 4) is 0 Å². The van der Waals surface area contributed by atoms with Gasteiger partial charge in [-0.3, -0.25) is 9.59 Å². The molecule has 0 saturated carbocycles. The Morgan fingerprint density at radius 1 is 0.870 bits per heavy atom. The summed E-state index contributed by atoms with van der Waals surface area (Å²) in [7, 11) is 0. The molecular weight excluding hydrogens is 309 g/mol. The smallest absolute Gasteiger partial charge is 0.267 e. The Hall–Kier alpha value is -2.96. The molecule has 23 heavy (non-hydrogen) atoms. The molecule has 0 radical (unpaired) electrons. The summed E-state index contributed by atoms with van der Waals surface area (Å²) in [6.45, 7) is 0. The normalized spacial score (nSPS) is 14.7. The number of halogens is 3. The summed E-state index contributed by atoms with van der Waals surface area (Å²) in [5.41, 5.74) is -0.755. The Morgan fingerprint density at radius 2 is 1.39 bits per heavy atom. The Bertz CT molecular complexity index is 793. The van der Waals surface area contributed by atoms with Crippen molar-refractivity contribution in [2.45, 2.75) is 6.18 Å². The van der Waals surface area contributed by atoms with Gasteiger partial charge in [0, 0.05) is 5.56 Å². The Morgan fingerprint density at radius 3 is 1.96 bits per heavy atom. The lowest BCUT2D eigenvalue weighted by molar-refractivity contribution is -0.137. The first-order valence-corrected chi connectivity index (χ1v) is 6.57. The minimum absolute atomic E-state index is 0.179. The molecule has 2 aromatic rings. The summed E-state index contributed by atoms with van der Waals surface area (Å²) in [5, 5.41) is 4.22. The number of carbonyl (C=O) groups is 2. The second-order valence-electron chi connectivity index (χ2n) is 4.80. The fourth-order valence-corrected chi connectivity index (χ4v) is 2.27. The molecule has 0 fully saturated rings. The van der Waals surface area contributed by atoms with Gasteiger partial charge in [-0.15, -0.1) is 0 Å². The van der Waals surface area contributed by atoms with Crippen LogP contribution < -0.4 is 0 Å². The fourth-order valence-electron chi connectivity index (χ4n) is 2.27. The lowest BCUT2D eigenvalue weighted by Gasteiger charge is -2.10. The molecule has 0 atom stereocenters. The molecule has 2 aromatic carbocycles. The number of carbonyl (C=O) groups excluding carboxylic acids is 2. The average molecular weight is 318 g/mol. The minimum atomic E-state index is -4.55. The van der Waals surface area contributed by atoms with Gasteiger partial charge in [0.05, 0.1) is 22.9 Å². The minimum Gasteiger partial charge on any atom is -0.267 e. The number of fused-ring (bicyclic) bond motifs is 1. The molecule has 0 aromatic heterocycles. The van der Waals surface area contributed by atoms with Crippen molar-refractivity contribution in [3.63, 3.8) is 0 Å². The van der Waals surface area contributed by atoms with Crippen molar-refractivity contribution in [1.29, 1.82) is 0 Å². The van der Waals surface area contributed by atoms with Crippen molar-refractivity contribution >= 4 is 18.0 Å². The number of hydrogen-bond donors (Lipinski definition) is 0. The molecule has 4 nitrogen and oxygen atoms in total. The van der Waals surface area contributed by atoms with Crippen LogP contribution in [0.1, 0.15) is 31.8 Å². The number of hydrogen-bond acceptors (Lipinski definition) is 3. The molecule has 3 rings (SSSR count). The topological polar surface area (TPSA) is 49.7 Å². The van der Waals surface area contributed by atoms with Gasteiger partial charge >= 0.3 is 6.18 Å². The summed E-state index contributed by atoms with van der Waals surface area (Å²) in [5.74, 6) is -1.32. The molecule has 0 unspecified atom stereocenters. The SMILES string of the molecule is O=C1c2ccccc2C(=O)N1/N=C/c1ccccc1C(F)(F)F. The maximum Gasteiger partial charge on any atom is 0.417 e. The Balaban J connectivity index is 1.94. The molecule has 1 aliphatic heterocycles. The van der Waals surface area contributed by atoms with E-state index in [0.29, 0.717) is 5.01 Å². The summed E-state index contributed by atoms with van der Waals surface area (Å²) >= 11 is 0. The monoisotopic (exact) mass is 318 g/mol. The maximum atomic E-state index is 12.9. The number of amides is 2. The zero-order valence-corrected chi connectivity index (χ0v) is 11.5. The van der Waals surface area contributed by atoms with E-state index in [9.17, 15) is 22.8 Å². The van der Waals surface area contributed by atoms with Gasteiger partial charge in [-0.2, -0.15) is 23.3 Å². The maximum absolute atomic E-state index is 12.9. The van der Waals surface area contributed by atoms with E-state index in [2.05, 4.69) is 5.10 Å². The highest BCUT2D eigenvalue weighted by Crippen LogP contribution is 2.31. The van der Waals surface area contributed by atoms with E-state index < -0.39 is 23.6 Å². The molecule has 2 amide bonds. The highest BCUT2D eigenvalue weighted by molar-refractivity contribution is 6.21. The van der Waals surface area contributed by atoms with E-state index in [4.69, 9.17) is 0 Å². The standard InChI is InChI=1S/C16H9F3N2O2/c17-16(18,19)13-8-4-1-5-10(13)9-20-21-14(22)11-6-2-3-7-12(11)15(21)23/h1-9H/b20-9+. The number of hydrazone groups is 1. The summed E-state index contributed by atoms with van der Waals surface area (Å²) in [6, 6.07) is 10.9. The van der Waals surface area contributed by atoms with Crippen LogP contribution >= 0.6 is 0 Å². The molecule has 0 spiro atoms. The molecule has 0 aliphatic carbocycles. The summed E-state index contributed by atoms with van der Waals surface area (Å²) in [6.07, 6.45) is -3.69. The zero-order chi connectivity index (χ0) is 16.6. The quantitative estimate of drug-likeness (QED) is 0.630. The largest absolute Gasteiger partial charge is 0.417 e. The lowest BCUT2D eigenvalue weighted by atomic mass is 10.1. The molecular formula is C16H9F3N2O2. The first kappa shape index (κ1) is 15.0. The molecule has 0 bridgehead atoms. The van der Waals surface area contributed by atoms with Crippen LogP contribution in [0.25, 0.3) is 0 Å². The number of nitrogens with zero attached hydrogens (tertiary/aromatic N) is 2. The first-order chi connectivity index (χ1) is 10.9. The van der Waals surface area contributed by atoms with E-state index >= 15 is 0 Å². The van der Waals surface area contributed by atoms with E-state index in [-0.39, 0.29) is 16.7 Å². The third kappa shape index (κ3) is 2.61. The van der Waals surface area contributed by atoms with Gasteiger partial charge in [-0.1, -0.05) is 30.3 Å². The van der Waals surface area contributed by atoms with Crippen LogP contribution in [-0.2, 0) is 6.18 Å². The zero-order valence-electron chi connectivity index (χ0n) is 11.5. The summed E-state index contributed by atoms with van der Waals surface area (Å²) < 4.78 is 38.7. The molecule has 1 aliphatic rings. The first-order valence-electron chi connectivity index (χ1n) is 6.57. The average Bonchev–Trinajstić information content (AvgIpc) is 2.77. The number of benzene rings is 2. The van der Waals surface area contributed by atoms with Crippen LogP contribution in [0.5, 0.6) is 0 Å². The highest BCUT2D eigenvalue weighted by atomic mass is 19.4. The van der Waals surface area contributed by atoms with Crippen molar-refractivity contribution in [3.05, 3.63) is 70.8 Å². The van der Waals surface area contributed by atoms with Crippen molar-refractivity contribution in [1.82, 2.24) is 5.01 Å². The van der Waals surface area contributed by atoms with Gasteiger partial charge in [-0.05, 0) is 18.2 Å². The van der Waals surface area contributed by atoms with Gasteiger partial charge in [0.15, 0.2) is 0 Å². The van der Waals surface area contributed by atoms with Crippen LogP contribution in [0, 0.1) is 0 Å². The predicted octanol–water partition coefficient (Wildman–Crippen LogP) is 3.34. The molecule has 1 heterocycles. The third-order valence-corrected chi connectivity index (χ3v) is 3.35. The van der Waals surface area contributed by atoms with Crippen LogP contribution in [-0.4, -0.2) is 23.0 Å². The molecule has 0 saturated heterocycles. The van der Waals surface area contributed by atoms with Crippen molar-refractivity contribution in [2.24, 2.45) is 5.10 Å². The van der Waals surface area contributed by atoms with E-state index in [0.717, 1.165) is 12.3 Å². The summed E-state index contributed by atoms with van der Waals surface area (Å²) in [4.78, 5) is 24.2. The number of alkyl halides is 3. The van der Waals surface area contributed by atoms with Crippen LogP contribution in [0.15, 0.2) is 53.6 Å². The van der Waals surface area contributed by atoms with Crippen LogP contribution in [0.3, 0.4) is 0 Å². The van der Waals surface area contributed by atoms with Gasteiger partial charge in [0.25, 0.3) is 11.8 Å². The Kier molecular flexibility index (Phi) is 3.48. The van der Waals surface area contributed by atoms with Crippen molar-refractivity contribution < 1.29 is 22.8 Å². The van der Waals surface area contributed by atoms with Crippen molar-refractivity contribution in [2.75, 3.05) is 0 Å². The third-order valence-electron chi connectivity index (χ3n) is 3.35. The van der Waals surface area contributed by atoms with Gasteiger partial charge in [0.1, 0.15) is 0 Å². The fraction of sp³-hybridized carbons (Fsp3) is 0.0625. The second-order valence-corrected chi connectivity index (χ2v) is 4.80. The van der Waals surface area contributed by atoms with Gasteiger partial charge < -0.3 is 0 Å². The number of rotatable bonds is 2. The van der Waals surface area contributed by atoms with Gasteiger partial charge in [0.2, 0.25) is 0 Å². The molecule has 116 valence electrons. The number of imide groups is 1. The Labute approximate surface area is 128 Å². The van der Waals surface area contributed by atoms with Gasteiger partial charge in [-0.25, -0.2) is 0 Å². The van der Waals surface area contributed by atoms with E-state index in [1.807, 2.05) is 0 Å².